The van der Waals surface area contributed by atoms with Crippen molar-refractivity contribution in [3.63, 3.8) is 0 Å². The van der Waals surface area contributed by atoms with Crippen molar-refractivity contribution in [2.24, 2.45) is 5.92 Å². The minimum absolute atomic E-state index is 0.290. The Balaban J connectivity index is 2.32. The van der Waals surface area contributed by atoms with Crippen LogP contribution in [0, 0.1) is 5.92 Å². The molecule has 2 aliphatic rings. The van der Waals surface area contributed by atoms with Gasteiger partial charge >= 0.3 is 102 Å². The van der Waals surface area contributed by atoms with Crippen LogP contribution in [0.1, 0.15) is 19.8 Å². The second kappa shape index (κ2) is 4.45. The molecule has 2 rings (SSSR count). The summed E-state index contributed by atoms with van der Waals surface area (Å²) in [4.78, 5) is 0. The fourth-order valence-electron chi connectivity index (χ4n) is 2.50. The molecular formula is C12H16O2W. The molecule has 0 bridgehead atoms. The van der Waals surface area contributed by atoms with Gasteiger partial charge in [-0.15, -0.1) is 0 Å². The topological polar surface area (TPSA) is 18.5 Å². The number of allylic oxidation sites excluding steroid dienone is 1. The van der Waals surface area contributed by atoms with Crippen LogP contribution in [-0.2, 0) is 28.8 Å². The van der Waals surface area contributed by atoms with Gasteiger partial charge in [0.05, 0.1) is 0 Å². The Morgan fingerprint density at radius 2 is 2.27 bits per heavy atom. The number of hydrogen-bond donors (Lipinski definition) is 0. The first-order valence-corrected chi connectivity index (χ1v) is 6.73. The Morgan fingerprint density at radius 1 is 1.53 bits per heavy atom. The molecule has 2 unspecified atom stereocenters. The molecule has 3 heteroatoms. The molecule has 1 saturated heterocycles. The average molecular weight is 376 g/mol. The Labute approximate surface area is 102 Å². The second-order valence-electron chi connectivity index (χ2n) is 4.14. The van der Waals surface area contributed by atoms with Crippen molar-refractivity contribution in [3.8, 4) is 0 Å². The summed E-state index contributed by atoms with van der Waals surface area (Å²) in [6, 6.07) is 0. The molecule has 0 saturated carbocycles. The summed E-state index contributed by atoms with van der Waals surface area (Å²) in [7, 11) is 1.74. The van der Waals surface area contributed by atoms with Gasteiger partial charge in [0.2, 0.25) is 0 Å². The predicted octanol–water partition coefficient (Wildman–Crippen LogP) is 1.99. The first kappa shape index (κ1) is 11.4. The van der Waals surface area contributed by atoms with Gasteiger partial charge in [-0.1, -0.05) is 0 Å². The van der Waals surface area contributed by atoms with Crippen LogP contribution in [0.25, 0.3) is 0 Å². The van der Waals surface area contributed by atoms with Gasteiger partial charge in [-0.25, -0.2) is 0 Å². The van der Waals surface area contributed by atoms with Gasteiger partial charge in [0.15, 0.2) is 0 Å². The van der Waals surface area contributed by atoms with E-state index in [1.807, 2.05) is 0 Å². The van der Waals surface area contributed by atoms with Crippen molar-refractivity contribution in [3.05, 3.63) is 23.3 Å². The van der Waals surface area contributed by atoms with E-state index >= 15 is 0 Å². The summed E-state index contributed by atoms with van der Waals surface area (Å²) in [6.07, 6.45) is 2.70. The van der Waals surface area contributed by atoms with Gasteiger partial charge in [0.25, 0.3) is 0 Å². The number of rotatable bonds is 3. The standard InChI is InChI=1S/C12H16O2.W/c1-8(2)11-9-5-4-6-14-12(9)10(11)7-13-3;/h9,12H,1,4-6H2,2-3H3;. The Bertz CT molecular complexity index is 344. The minimum atomic E-state index is 0.290. The normalized spacial score (nSPS) is 29.5. The van der Waals surface area contributed by atoms with E-state index in [4.69, 9.17) is 9.47 Å². The van der Waals surface area contributed by atoms with Gasteiger partial charge in [-0.05, 0) is 0 Å². The summed E-state index contributed by atoms with van der Waals surface area (Å²) < 4.78 is 12.2. The molecule has 1 aliphatic heterocycles. The molecule has 0 spiro atoms. The summed E-state index contributed by atoms with van der Waals surface area (Å²) in [6.45, 7) is 7.03. The van der Waals surface area contributed by atoms with E-state index in [9.17, 15) is 0 Å². The zero-order valence-electron chi connectivity index (χ0n) is 9.21. The van der Waals surface area contributed by atoms with Crippen LogP contribution in [0.15, 0.2) is 23.3 Å². The maximum absolute atomic E-state index is 5.81. The van der Waals surface area contributed by atoms with Crippen molar-refractivity contribution >= 4 is 4.08 Å². The van der Waals surface area contributed by atoms with Gasteiger partial charge in [0.1, 0.15) is 0 Å². The van der Waals surface area contributed by atoms with Crippen LogP contribution in [0.2, 0.25) is 0 Å². The Morgan fingerprint density at radius 3 is 2.87 bits per heavy atom. The third-order valence-electron chi connectivity index (χ3n) is 3.13. The van der Waals surface area contributed by atoms with Crippen LogP contribution in [0.4, 0.5) is 0 Å². The molecule has 0 aromatic rings. The molecule has 2 atom stereocenters. The van der Waals surface area contributed by atoms with E-state index in [1.54, 1.807) is 7.11 Å². The Hall–Kier alpha value is -0.0417. The van der Waals surface area contributed by atoms with Crippen molar-refractivity contribution < 1.29 is 28.8 Å². The van der Waals surface area contributed by atoms with Crippen molar-refractivity contribution in [1.82, 2.24) is 0 Å². The summed E-state index contributed by atoms with van der Waals surface area (Å²) in [5.41, 5.74) is 3.85. The van der Waals surface area contributed by atoms with E-state index in [2.05, 4.69) is 13.5 Å². The molecule has 1 fully saturated rings. The van der Waals surface area contributed by atoms with E-state index in [-0.39, 0.29) is 6.10 Å². The first-order valence-electron chi connectivity index (χ1n) is 5.26. The van der Waals surface area contributed by atoms with Crippen molar-refractivity contribution in [1.29, 1.82) is 0 Å². The first-order chi connectivity index (χ1) is 7.16. The molecule has 0 radical (unpaired) electrons. The quantitative estimate of drug-likeness (QED) is 0.751. The van der Waals surface area contributed by atoms with Crippen molar-refractivity contribution in [2.75, 3.05) is 13.7 Å². The number of ether oxygens (including phenoxy) is 2. The Kier molecular flexibility index (Phi) is 3.39. The van der Waals surface area contributed by atoms with Gasteiger partial charge < -0.3 is 0 Å². The van der Waals surface area contributed by atoms with Gasteiger partial charge in [-0.3, -0.25) is 0 Å². The van der Waals surface area contributed by atoms with Crippen LogP contribution in [-0.4, -0.2) is 23.9 Å². The summed E-state index contributed by atoms with van der Waals surface area (Å²) >= 11 is 1.37. The molecule has 2 nitrogen and oxygen atoms in total. The van der Waals surface area contributed by atoms with E-state index in [0.717, 1.165) is 10.7 Å². The van der Waals surface area contributed by atoms with E-state index < -0.39 is 0 Å². The molecular weight excluding hydrogens is 360 g/mol. The third-order valence-corrected chi connectivity index (χ3v) is 4.52. The molecule has 0 amide bonds. The molecule has 1 aliphatic carbocycles. The van der Waals surface area contributed by atoms with E-state index in [1.165, 1.54) is 48.9 Å². The summed E-state index contributed by atoms with van der Waals surface area (Å²) in [5.74, 6) is 0.579. The van der Waals surface area contributed by atoms with Crippen LogP contribution in [0.3, 0.4) is 0 Å². The molecule has 1 heterocycles. The maximum atomic E-state index is 5.81. The van der Waals surface area contributed by atoms with Crippen molar-refractivity contribution in [2.45, 2.75) is 25.9 Å². The zero-order chi connectivity index (χ0) is 11.0. The molecule has 0 N–H and O–H groups in total. The second-order valence-corrected chi connectivity index (χ2v) is 5.47. The SMILES string of the molecule is C=C(C)C1=C([C](=[W])OC)C2OCCCC12. The summed E-state index contributed by atoms with van der Waals surface area (Å²) in [5, 5.41) is 0. The fourth-order valence-corrected chi connectivity index (χ4v) is 3.31. The van der Waals surface area contributed by atoms with E-state index in [0.29, 0.717) is 5.92 Å². The van der Waals surface area contributed by atoms with Crippen LogP contribution in [0.5, 0.6) is 0 Å². The van der Waals surface area contributed by atoms with Gasteiger partial charge in [-0.2, -0.15) is 0 Å². The number of hydrogen-bond acceptors (Lipinski definition) is 2. The van der Waals surface area contributed by atoms with Crippen LogP contribution < -0.4 is 0 Å². The fraction of sp³-hybridized carbons (Fsp3) is 0.583. The number of fused-ring (bicyclic) bond motifs is 1. The molecule has 15 heavy (non-hydrogen) atoms. The zero-order valence-corrected chi connectivity index (χ0v) is 12.1. The number of methoxy groups -OCH3 is 1. The predicted molar refractivity (Wildman–Crippen MR) is 56.3 cm³/mol. The van der Waals surface area contributed by atoms with Gasteiger partial charge in [0, 0.05) is 0 Å². The van der Waals surface area contributed by atoms with Crippen LogP contribution >= 0.6 is 0 Å². The molecule has 0 aromatic heterocycles. The third kappa shape index (κ3) is 1.84. The molecule has 82 valence electrons. The monoisotopic (exact) mass is 376 g/mol. The molecule has 0 aromatic carbocycles. The average Bonchev–Trinajstić information content (AvgIpc) is 2.19.